The SMILES string of the molecule is O=C(C[C@H](C(=O)O)N1CCCCC1)Nc1cccc2ccccc12. The van der Waals surface area contributed by atoms with E-state index >= 15 is 0 Å². The highest BCUT2D eigenvalue weighted by Crippen LogP contribution is 2.23. The summed E-state index contributed by atoms with van der Waals surface area (Å²) in [7, 11) is 0. The standard InChI is InChI=1S/C19H22N2O3/c22-18(13-17(19(23)24)21-11-4-1-5-12-21)20-16-10-6-8-14-7-2-3-9-15(14)16/h2-3,6-10,17H,1,4-5,11-13H2,(H,20,22)(H,23,24)/t17-/m1/s1. The lowest BCUT2D eigenvalue weighted by molar-refractivity contribution is -0.145. The van der Waals surface area contributed by atoms with Crippen molar-refractivity contribution in [1.82, 2.24) is 4.90 Å². The van der Waals surface area contributed by atoms with Crippen LogP contribution in [0.1, 0.15) is 25.7 Å². The molecule has 1 heterocycles. The molecule has 0 spiro atoms. The minimum Gasteiger partial charge on any atom is -0.480 e. The molecular weight excluding hydrogens is 304 g/mol. The molecule has 0 unspecified atom stereocenters. The number of likely N-dealkylation sites (tertiary alicyclic amines) is 1. The molecule has 0 aliphatic carbocycles. The van der Waals surface area contributed by atoms with Gasteiger partial charge in [0, 0.05) is 11.1 Å². The molecule has 1 aliphatic rings. The van der Waals surface area contributed by atoms with Crippen LogP contribution in [0.2, 0.25) is 0 Å². The third-order valence-corrected chi connectivity index (χ3v) is 4.56. The highest BCUT2D eigenvalue weighted by molar-refractivity contribution is 6.03. The molecule has 126 valence electrons. The van der Waals surface area contributed by atoms with Gasteiger partial charge >= 0.3 is 5.97 Å². The number of rotatable bonds is 5. The predicted molar refractivity (Wildman–Crippen MR) is 94.0 cm³/mol. The van der Waals surface area contributed by atoms with Crippen LogP contribution >= 0.6 is 0 Å². The molecule has 0 radical (unpaired) electrons. The molecule has 3 rings (SSSR count). The molecule has 2 aromatic carbocycles. The molecule has 1 atom stereocenters. The van der Waals surface area contributed by atoms with E-state index in [0.717, 1.165) is 48.8 Å². The van der Waals surface area contributed by atoms with Crippen molar-refractivity contribution in [2.24, 2.45) is 0 Å². The Labute approximate surface area is 141 Å². The monoisotopic (exact) mass is 326 g/mol. The zero-order valence-electron chi connectivity index (χ0n) is 13.6. The summed E-state index contributed by atoms with van der Waals surface area (Å²) in [6.07, 6.45) is 3.09. The van der Waals surface area contributed by atoms with Crippen LogP contribution in [-0.4, -0.2) is 41.0 Å². The van der Waals surface area contributed by atoms with Gasteiger partial charge in [0.15, 0.2) is 0 Å². The number of carbonyl (C=O) groups is 2. The Hall–Kier alpha value is -2.40. The van der Waals surface area contributed by atoms with Gasteiger partial charge in [0.05, 0.1) is 6.42 Å². The van der Waals surface area contributed by atoms with Crippen molar-refractivity contribution in [2.75, 3.05) is 18.4 Å². The minimum absolute atomic E-state index is 0.0292. The smallest absolute Gasteiger partial charge is 0.321 e. The van der Waals surface area contributed by atoms with E-state index in [1.807, 2.05) is 47.4 Å². The van der Waals surface area contributed by atoms with Crippen LogP contribution in [0.25, 0.3) is 10.8 Å². The largest absolute Gasteiger partial charge is 0.480 e. The fourth-order valence-electron chi connectivity index (χ4n) is 3.31. The first-order chi connectivity index (χ1) is 11.6. The lowest BCUT2D eigenvalue weighted by Gasteiger charge is -2.31. The number of hydrogen-bond donors (Lipinski definition) is 2. The first kappa shape index (κ1) is 16.5. The molecule has 1 fully saturated rings. The average Bonchev–Trinajstić information content (AvgIpc) is 2.60. The van der Waals surface area contributed by atoms with Gasteiger partial charge in [-0.2, -0.15) is 0 Å². The first-order valence-corrected chi connectivity index (χ1v) is 8.39. The second-order valence-corrected chi connectivity index (χ2v) is 6.23. The molecule has 1 saturated heterocycles. The highest BCUT2D eigenvalue weighted by atomic mass is 16.4. The van der Waals surface area contributed by atoms with Crippen LogP contribution in [0, 0.1) is 0 Å². The summed E-state index contributed by atoms with van der Waals surface area (Å²) in [5.74, 6) is -1.19. The zero-order valence-corrected chi connectivity index (χ0v) is 13.6. The van der Waals surface area contributed by atoms with Crippen molar-refractivity contribution in [3.63, 3.8) is 0 Å². The fourth-order valence-corrected chi connectivity index (χ4v) is 3.31. The highest BCUT2D eigenvalue weighted by Gasteiger charge is 2.29. The van der Waals surface area contributed by atoms with Crippen molar-refractivity contribution in [1.29, 1.82) is 0 Å². The van der Waals surface area contributed by atoms with Crippen LogP contribution in [-0.2, 0) is 9.59 Å². The van der Waals surface area contributed by atoms with Crippen molar-refractivity contribution in [2.45, 2.75) is 31.7 Å². The molecule has 24 heavy (non-hydrogen) atoms. The van der Waals surface area contributed by atoms with Gasteiger partial charge in [0.25, 0.3) is 0 Å². The maximum absolute atomic E-state index is 12.4. The van der Waals surface area contributed by atoms with Crippen molar-refractivity contribution >= 4 is 28.3 Å². The maximum Gasteiger partial charge on any atom is 0.321 e. The van der Waals surface area contributed by atoms with E-state index in [1.54, 1.807) is 0 Å². The number of nitrogens with zero attached hydrogens (tertiary/aromatic N) is 1. The quantitative estimate of drug-likeness (QED) is 0.886. The number of carbonyl (C=O) groups excluding carboxylic acids is 1. The van der Waals surface area contributed by atoms with Crippen LogP contribution in [0.5, 0.6) is 0 Å². The van der Waals surface area contributed by atoms with Crippen LogP contribution in [0.3, 0.4) is 0 Å². The molecule has 2 aromatic rings. The maximum atomic E-state index is 12.4. The van der Waals surface area contributed by atoms with E-state index in [4.69, 9.17) is 0 Å². The second kappa shape index (κ2) is 7.45. The molecule has 1 amide bonds. The summed E-state index contributed by atoms with van der Waals surface area (Å²) in [4.78, 5) is 25.9. The lowest BCUT2D eigenvalue weighted by atomic mass is 10.1. The Balaban J connectivity index is 1.72. The predicted octanol–water partition coefficient (Wildman–Crippen LogP) is 3.11. The van der Waals surface area contributed by atoms with Gasteiger partial charge in [-0.25, -0.2) is 0 Å². The van der Waals surface area contributed by atoms with E-state index < -0.39 is 12.0 Å². The summed E-state index contributed by atoms with van der Waals surface area (Å²) in [5.41, 5.74) is 0.723. The summed E-state index contributed by atoms with van der Waals surface area (Å²) in [5, 5.41) is 14.4. The van der Waals surface area contributed by atoms with Gasteiger partial charge in [-0.3, -0.25) is 14.5 Å². The molecule has 1 aliphatic heterocycles. The average molecular weight is 326 g/mol. The lowest BCUT2D eigenvalue weighted by Crippen LogP contribution is -2.45. The van der Waals surface area contributed by atoms with E-state index in [0.29, 0.717) is 0 Å². The van der Waals surface area contributed by atoms with Gasteiger partial charge in [0.1, 0.15) is 6.04 Å². The second-order valence-electron chi connectivity index (χ2n) is 6.23. The fraction of sp³-hybridized carbons (Fsp3) is 0.368. The van der Waals surface area contributed by atoms with Gasteiger partial charge in [-0.05, 0) is 37.4 Å². The number of fused-ring (bicyclic) bond motifs is 1. The van der Waals surface area contributed by atoms with Crippen molar-refractivity contribution < 1.29 is 14.7 Å². The molecular formula is C19H22N2O3. The Morgan fingerprint density at radius 2 is 1.75 bits per heavy atom. The summed E-state index contributed by atoms with van der Waals surface area (Å²) < 4.78 is 0. The van der Waals surface area contributed by atoms with E-state index in [-0.39, 0.29) is 12.3 Å². The molecule has 0 bridgehead atoms. The number of anilines is 1. The number of amides is 1. The van der Waals surface area contributed by atoms with Crippen molar-refractivity contribution in [3.8, 4) is 0 Å². The number of nitrogens with one attached hydrogen (secondary N) is 1. The van der Waals surface area contributed by atoms with Crippen LogP contribution < -0.4 is 5.32 Å². The number of aliphatic carboxylic acids is 1. The summed E-state index contributed by atoms with van der Waals surface area (Å²) >= 11 is 0. The third kappa shape index (κ3) is 3.74. The van der Waals surface area contributed by atoms with Gasteiger partial charge in [-0.1, -0.05) is 42.8 Å². The summed E-state index contributed by atoms with van der Waals surface area (Å²) in [6, 6.07) is 12.8. The van der Waals surface area contributed by atoms with Gasteiger partial charge < -0.3 is 10.4 Å². The Morgan fingerprint density at radius 1 is 1.04 bits per heavy atom. The number of hydrogen-bond acceptors (Lipinski definition) is 3. The number of carboxylic acid groups (broad SMARTS) is 1. The zero-order chi connectivity index (χ0) is 16.9. The minimum atomic E-state index is -0.926. The molecule has 5 heteroatoms. The van der Waals surface area contributed by atoms with Gasteiger partial charge in [-0.15, -0.1) is 0 Å². The molecule has 0 saturated carbocycles. The summed E-state index contributed by atoms with van der Waals surface area (Å²) in [6.45, 7) is 1.50. The van der Waals surface area contributed by atoms with Crippen LogP contribution in [0.4, 0.5) is 5.69 Å². The van der Waals surface area contributed by atoms with E-state index in [9.17, 15) is 14.7 Å². The molecule has 2 N–H and O–H groups in total. The Kier molecular flexibility index (Phi) is 5.11. The third-order valence-electron chi connectivity index (χ3n) is 4.56. The van der Waals surface area contributed by atoms with Crippen LogP contribution in [0.15, 0.2) is 42.5 Å². The number of benzene rings is 2. The first-order valence-electron chi connectivity index (χ1n) is 8.39. The topological polar surface area (TPSA) is 69.6 Å². The van der Waals surface area contributed by atoms with Gasteiger partial charge in [0.2, 0.25) is 5.91 Å². The molecule has 0 aromatic heterocycles. The number of piperidine rings is 1. The normalized spacial score (nSPS) is 16.7. The van der Waals surface area contributed by atoms with E-state index in [1.165, 1.54) is 0 Å². The molecule has 5 nitrogen and oxygen atoms in total. The number of carboxylic acids is 1. The van der Waals surface area contributed by atoms with Crippen molar-refractivity contribution in [3.05, 3.63) is 42.5 Å². The van der Waals surface area contributed by atoms with E-state index in [2.05, 4.69) is 5.32 Å². The Morgan fingerprint density at radius 3 is 2.50 bits per heavy atom. The Bertz CT molecular complexity index is 733.